The van der Waals surface area contributed by atoms with Crippen molar-refractivity contribution < 1.29 is 24.5 Å². The van der Waals surface area contributed by atoms with Crippen molar-refractivity contribution in [3.63, 3.8) is 0 Å². The maximum Gasteiger partial charge on any atom is 0.326 e. The quantitative estimate of drug-likeness (QED) is 0.541. The Balaban J connectivity index is 2.15. The van der Waals surface area contributed by atoms with E-state index >= 15 is 0 Å². The van der Waals surface area contributed by atoms with Crippen LogP contribution in [0, 0.1) is 11.3 Å². The number of aliphatic carboxylic acids is 1. The van der Waals surface area contributed by atoms with Crippen molar-refractivity contribution >= 4 is 11.9 Å². The fourth-order valence-corrected chi connectivity index (χ4v) is 3.70. The normalized spacial score (nSPS) is 35.2. The first-order chi connectivity index (χ1) is 9.76. The van der Waals surface area contributed by atoms with E-state index in [0.717, 1.165) is 12.8 Å². The summed E-state index contributed by atoms with van der Waals surface area (Å²) in [5.74, 6) is -1.74. The van der Waals surface area contributed by atoms with Crippen molar-refractivity contribution in [1.29, 1.82) is 0 Å². The molecular formula is C14H24N2O5. The van der Waals surface area contributed by atoms with Crippen LogP contribution in [-0.4, -0.2) is 53.0 Å². The molecule has 120 valence electrons. The lowest BCUT2D eigenvalue weighted by atomic mass is 9.46. The second-order valence-electron chi connectivity index (χ2n) is 6.51. The highest BCUT2D eigenvalue weighted by Crippen LogP contribution is 2.57. The number of hydrogen-bond donors (Lipinski definition) is 4. The molecule has 7 heteroatoms. The number of fused-ring (bicyclic) bond motifs is 1. The van der Waals surface area contributed by atoms with Crippen LogP contribution in [0.1, 0.15) is 33.1 Å². The number of ether oxygens (including phenoxy) is 1. The first kappa shape index (κ1) is 16.2. The first-order valence-corrected chi connectivity index (χ1v) is 7.32. The number of aliphatic hydroxyl groups is 1. The Bertz CT molecular complexity index is 439. The lowest BCUT2D eigenvalue weighted by Gasteiger charge is -2.65. The van der Waals surface area contributed by atoms with E-state index in [0.29, 0.717) is 6.61 Å². The zero-order chi connectivity index (χ0) is 15.8. The van der Waals surface area contributed by atoms with E-state index < -0.39 is 28.9 Å². The molecule has 4 atom stereocenters. The van der Waals surface area contributed by atoms with Crippen molar-refractivity contribution in [3.05, 3.63) is 0 Å². The summed E-state index contributed by atoms with van der Waals surface area (Å²) in [7, 11) is 0. The maximum atomic E-state index is 12.6. The zero-order valence-corrected chi connectivity index (χ0v) is 12.5. The molecule has 1 saturated heterocycles. The van der Waals surface area contributed by atoms with Gasteiger partial charge in [-0.3, -0.25) is 4.79 Å². The Morgan fingerprint density at radius 3 is 2.71 bits per heavy atom. The molecule has 1 aliphatic heterocycles. The summed E-state index contributed by atoms with van der Waals surface area (Å²) < 4.78 is 5.72. The average molecular weight is 300 g/mol. The third-order valence-corrected chi connectivity index (χ3v) is 5.08. The molecule has 0 aromatic rings. The topological polar surface area (TPSA) is 122 Å². The predicted octanol–water partition coefficient (Wildman–Crippen LogP) is -0.529. The molecule has 0 aromatic carbocycles. The van der Waals surface area contributed by atoms with E-state index in [1.807, 2.05) is 13.8 Å². The second kappa shape index (κ2) is 5.55. The van der Waals surface area contributed by atoms with Crippen LogP contribution >= 0.6 is 0 Å². The van der Waals surface area contributed by atoms with Crippen LogP contribution in [0.5, 0.6) is 0 Å². The molecule has 3 unspecified atom stereocenters. The summed E-state index contributed by atoms with van der Waals surface area (Å²) in [6, 6.07) is -1.12. The summed E-state index contributed by atoms with van der Waals surface area (Å²) in [5, 5.41) is 20.4. The molecule has 1 heterocycles. The van der Waals surface area contributed by atoms with Crippen LogP contribution in [0.25, 0.3) is 0 Å². The smallest absolute Gasteiger partial charge is 0.326 e. The molecule has 0 bridgehead atoms. The number of carbonyl (C=O) groups excluding carboxylic acids is 1. The summed E-state index contributed by atoms with van der Waals surface area (Å²) >= 11 is 0. The van der Waals surface area contributed by atoms with Gasteiger partial charge >= 0.3 is 5.97 Å². The second-order valence-corrected chi connectivity index (χ2v) is 6.51. The van der Waals surface area contributed by atoms with Crippen molar-refractivity contribution in [1.82, 2.24) is 5.32 Å². The number of nitrogens with one attached hydrogen (secondary N) is 1. The minimum absolute atomic E-state index is 0.0395. The molecule has 21 heavy (non-hydrogen) atoms. The van der Waals surface area contributed by atoms with Gasteiger partial charge in [-0.05, 0) is 12.8 Å². The number of carboxylic acid groups (broad SMARTS) is 1. The molecule has 7 nitrogen and oxygen atoms in total. The predicted molar refractivity (Wildman–Crippen MR) is 74.4 cm³/mol. The van der Waals surface area contributed by atoms with Gasteiger partial charge in [0.2, 0.25) is 5.91 Å². The van der Waals surface area contributed by atoms with Crippen molar-refractivity contribution in [3.8, 4) is 0 Å². The Kier molecular flexibility index (Phi) is 4.28. The minimum Gasteiger partial charge on any atom is -0.480 e. The Morgan fingerprint density at radius 1 is 1.48 bits per heavy atom. The average Bonchev–Trinajstić information content (AvgIpc) is 2.45. The monoisotopic (exact) mass is 300 g/mol. The number of hydrogen-bond acceptors (Lipinski definition) is 5. The number of carboxylic acids is 1. The molecule has 1 aliphatic carbocycles. The number of rotatable bonds is 5. The number of carbonyl (C=O) groups is 2. The molecule has 0 spiro atoms. The fraction of sp³-hybridized carbons (Fsp3) is 0.857. The Morgan fingerprint density at radius 2 is 2.14 bits per heavy atom. The molecular weight excluding hydrogens is 276 g/mol. The maximum absolute atomic E-state index is 12.6. The Hall–Kier alpha value is -1.18. The van der Waals surface area contributed by atoms with E-state index in [9.17, 15) is 9.59 Å². The zero-order valence-electron chi connectivity index (χ0n) is 12.5. The van der Waals surface area contributed by atoms with E-state index in [-0.39, 0.29) is 25.0 Å². The standard InChI is InChI=1S/C14H24N2O5/c1-13(2)10-8(4-3-7-21-10)14(13,15)12(20)16-9(5-6-17)11(18)19/h8-10,17H,3-7,15H2,1-2H3,(H,16,20)(H,18,19)/t8?,9-,10?,14?/m0/s1. The summed E-state index contributed by atoms with van der Waals surface area (Å²) in [5.41, 5.74) is 4.69. The third kappa shape index (κ3) is 2.33. The number of aliphatic hydroxyl groups excluding tert-OH is 1. The Labute approximate surface area is 123 Å². The van der Waals surface area contributed by atoms with Gasteiger partial charge < -0.3 is 26.0 Å². The van der Waals surface area contributed by atoms with Crippen molar-refractivity contribution in [2.24, 2.45) is 17.1 Å². The van der Waals surface area contributed by atoms with E-state index in [4.69, 9.17) is 20.7 Å². The van der Waals surface area contributed by atoms with E-state index in [1.165, 1.54) is 0 Å². The van der Waals surface area contributed by atoms with Gasteiger partial charge in [0.15, 0.2) is 0 Å². The van der Waals surface area contributed by atoms with Crippen molar-refractivity contribution in [2.45, 2.75) is 50.8 Å². The molecule has 2 rings (SSSR count). The van der Waals surface area contributed by atoms with Crippen LogP contribution < -0.4 is 11.1 Å². The van der Waals surface area contributed by atoms with E-state index in [2.05, 4.69) is 5.32 Å². The summed E-state index contributed by atoms with van der Waals surface area (Å²) in [4.78, 5) is 23.7. The summed E-state index contributed by atoms with van der Waals surface area (Å²) in [6.45, 7) is 4.11. The molecule has 1 amide bonds. The van der Waals surface area contributed by atoms with Gasteiger partial charge in [-0.25, -0.2) is 4.79 Å². The number of nitrogens with two attached hydrogens (primary N) is 1. The van der Waals surface area contributed by atoms with Crippen molar-refractivity contribution in [2.75, 3.05) is 13.2 Å². The lowest BCUT2D eigenvalue weighted by molar-refractivity contribution is -0.225. The molecule has 2 fully saturated rings. The fourth-order valence-electron chi connectivity index (χ4n) is 3.70. The SMILES string of the molecule is CC1(C)C2OCCCC2C1(N)C(=O)N[C@@H](CCO)C(=O)O. The summed E-state index contributed by atoms with van der Waals surface area (Å²) in [6.07, 6.45) is 1.54. The van der Waals surface area contributed by atoms with Crippen LogP contribution in [-0.2, 0) is 14.3 Å². The van der Waals surface area contributed by atoms with Crippen LogP contribution in [0.3, 0.4) is 0 Å². The molecule has 0 aromatic heterocycles. The largest absolute Gasteiger partial charge is 0.480 e. The molecule has 0 radical (unpaired) electrons. The van der Waals surface area contributed by atoms with Gasteiger partial charge in [0.05, 0.1) is 6.10 Å². The highest BCUT2D eigenvalue weighted by molar-refractivity contribution is 5.92. The first-order valence-electron chi connectivity index (χ1n) is 7.32. The lowest BCUT2D eigenvalue weighted by Crippen LogP contribution is -2.82. The van der Waals surface area contributed by atoms with Crippen LogP contribution in [0.4, 0.5) is 0 Å². The molecule has 1 saturated carbocycles. The van der Waals surface area contributed by atoms with Gasteiger partial charge in [-0.2, -0.15) is 0 Å². The van der Waals surface area contributed by atoms with Gasteiger partial charge in [-0.15, -0.1) is 0 Å². The van der Waals surface area contributed by atoms with Gasteiger partial charge in [0, 0.05) is 31.0 Å². The third-order valence-electron chi connectivity index (χ3n) is 5.08. The highest BCUT2D eigenvalue weighted by atomic mass is 16.5. The van der Waals surface area contributed by atoms with Gasteiger partial charge in [0.1, 0.15) is 11.6 Å². The molecule has 5 N–H and O–H groups in total. The van der Waals surface area contributed by atoms with Gasteiger partial charge in [-0.1, -0.05) is 13.8 Å². The highest BCUT2D eigenvalue weighted by Gasteiger charge is 2.70. The number of amides is 1. The molecule has 2 aliphatic rings. The van der Waals surface area contributed by atoms with Gasteiger partial charge in [0.25, 0.3) is 0 Å². The minimum atomic E-state index is -1.17. The van der Waals surface area contributed by atoms with E-state index in [1.54, 1.807) is 0 Å². The van der Waals surface area contributed by atoms with Crippen LogP contribution in [0.15, 0.2) is 0 Å². The van der Waals surface area contributed by atoms with Crippen LogP contribution in [0.2, 0.25) is 0 Å².